The molecule has 0 bridgehead atoms. The number of carboxylic acids is 1. The highest BCUT2D eigenvalue weighted by Crippen LogP contribution is 2.32. The SMILES string of the molecule is CCOc1cccc(/C=C/C(=O)c2ccc(C(=O)[O-])s2)c1OC. The summed E-state index contributed by atoms with van der Waals surface area (Å²) in [6.07, 6.45) is 2.99. The van der Waals surface area contributed by atoms with E-state index in [4.69, 9.17) is 9.47 Å². The van der Waals surface area contributed by atoms with Gasteiger partial charge in [-0.05, 0) is 37.3 Å². The highest BCUT2D eigenvalue weighted by atomic mass is 32.1. The summed E-state index contributed by atoms with van der Waals surface area (Å²) in [6, 6.07) is 8.21. The first-order valence-electron chi connectivity index (χ1n) is 6.90. The molecule has 0 atom stereocenters. The first-order chi connectivity index (χ1) is 11.1. The van der Waals surface area contributed by atoms with Crippen molar-refractivity contribution in [1.82, 2.24) is 0 Å². The first kappa shape index (κ1) is 16.8. The van der Waals surface area contributed by atoms with Crippen molar-refractivity contribution < 1.29 is 24.2 Å². The molecule has 0 saturated heterocycles. The zero-order valence-corrected chi connectivity index (χ0v) is 13.5. The number of carbonyl (C=O) groups excluding carboxylic acids is 2. The Bertz CT molecular complexity index is 745. The van der Waals surface area contributed by atoms with Crippen molar-refractivity contribution in [3.8, 4) is 11.5 Å². The van der Waals surface area contributed by atoms with Gasteiger partial charge in [0.15, 0.2) is 17.3 Å². The van der Waals surface area contributed by atoms with Gasteiger partial charge in [0.25, 0.3) is 0 Å². The van der Waals surface area contributed by atoms with Gasteiger partial charge in [-0.3, -0.25) is 4.79 Å². The molecule has 0 amide bonds. The van der Waals surface area contributed by atoms with E-state index in [1.54, 1.807) is 24.3 Å². The molecule has 6 heteroatoms. The molecule has 0 radical (unpaired) electrons. The number of carboxylic acid groups (broad SMARTS) is 1. The summed E-state index contributed by atoms with van der Waals surface area (Å²) in [5.41, 5.74) is 0.698. The lowest BCUT2D eigenvalue weighted by molar-refractivity contribution is -0.254. The molecular weight excluding hydrogens is 316 g/mol. The summed E-state index contributed by atoms with van der Waals surface area (Å²) < 4.78 is 10.8. The normalized spacial score (nSPS) is 10.7. The van der Waals surface area contributed by atoms with E-state index in [2.05, 4.69) is 0 Å². The molecule has 1 aromatic carbocycles. The molecule has 1 heterocycles. The molecule has 0 spiro atoms. The Balaban J connectivity index is 2.23. The number of hydrogen-bond acceptors (Lipinski definition) is 6. The van der Waals surface area contributed by atoms with E-state index in [0.29, 0.717) is 28.5 Å². The minimum absolute atomic E-state index is 0.0256. The number of carbonyl (C=O) groups is 2. The second-order valence-electron chi connectivity index (χ2n) is 4.46. The minimum Gasteiger partial charge on any atom is -0.544 e. The number of aromatic carboxylic acids is 1. The molecule has 0 aliphatic carbocycles. The third-order valence-electron chi connectivity index (χ3n) is 2.98. The highest BCUT2D eigenvalue weighted by molar-refractivity contribution is 7.16. The molecule has 120 valence electrons. The van der Waals surface area contributed by atoms with Crippen LogP contribution in [0.5, 0.6) is 11.5 Å². The van der Waals surface area contributed by atoms with Crippen molar-refractivity contribution >= 4 is 29.2 Å². The molecule has 0 N–H and O–H groups in total. The lowest BCUT2D eigenvalue weighted by Crippen LogP contribution is -2.20. The number of hydrogen-bond donors (Lipinski definition) is 0. The molecule has 2 aromatic rings. The van der Waals surface area contributed by atoms with Crippen LogP contribution in [-0.2, 0) is 0 Å². The third-order valence-corrected chi connectivity index (χ3v) is 4.06. The topological polar surface area (TPSA) is 75.7 Å². The summed E-state index contributed by atoms with van der Waals surface area (Å²) in [4.78, 5) is 23.2. The van der Waals surface area contributed by atoms with Crippen molar-refractivity contribution in [2.45, 2.75) is 6.92 Å². The van der Waals surface area contributed by atoms with Crippen LogP contribution in [-0.4, -0.2) is 25.5 Å². The Morgan fingerprint density at radius 2 is 1.96 bits per heavy atom. The number of ether oxygens (including phenoxy) is 2. The zero-order valence-electron chi connectivity index (χ0n) is 12.7. The van der Waals surface area contributed by atoms with Crippen molar-refractivity contribution in [3.63, 3.8) is 0 Å². The van der Waals surface area contributed by atoms with Crippen molar-refractivity contribution in [2.75, 3.05) is 13.7 Å². The maximum atomic E-state index is 12.1. The molecule has 2 rings (SSSR count). The number of ketones is 1. The fraction of sp³-hybridized carbons (Fsp3) is 0.176. The van der Waals surface area contributed by atoms with Crippen LogP contribution in [0.25, 0.3) is 6.08 Å². The van der Waals surface area contributed by atoms with Crippen LogP contribution in [0.4, 0.5) is 0 Å². The average molecular weight is 331 g/mol. The van der Waals surface area contributed by atoms with Gasteiger partial charge in [-0.2, -0.15) is 0 Å². The van der Waals surface area contributed by atoms with Crippen molar-refractivity contribution in [2.24, 2.45) is 0 Å². The number of benzene rings is 1. The summed E-state index contributed by atoms with van der Waals surface area (Å²) in [5, 5.41) is 10.7. The summed E-state index contributed by atoms with van der Waals surface area (Å²) >= 11 is 0.887. The summed E-state index contributed by atoms with van der Waals surface area (Å²) in [5.74, 6) is -0.435. The molecule has 5 nitrogen and oxygen atoms in total. The molecule has 1 aromatic heterocycles. The van der Waals surface area contributed by atoms with Gasteiger partial charge in [0, 0.05) is 5.56 Å². The minimum atomic E-state index is -1.29. The Labute approximate surface area is 137 Å². The van der Waals surface area contributed by atoms with E-state index in [1.807, 2.05) is 6.92 Å². The van der Waals surface area contributed by atoms with E-state index in [-0.39, 0.29) is 10.7 Å². The average Bonchev–Trinajstić information content (AvgIpc) is 3.03. The van der Waals surface area contributed by atoms with Crippen LogP contribution in [0.2, 0.25) is 0 Å². The van der Waals surface area contributed by atoms with E-state index in [0.717, 1.165) is 11.3 Å². The number of thiophene rings is 1. The molecule has 0 fully saturated rings. The predicted octanol–water partition coefficient (Wildman–Crippen LogP) is 2.42. The fourth-order valence-corrected chi connectivity index (χ4v) is 2.74. The van der Waals surface area contributed by atoms with Gasteiger partial charge < -0.3 is 19.4 Å². The highest BCUT2D eigenvalue weighted by Gasteiger charge is 2.10. The van der Waals surface area contributed by atoms with Gasteiger partial charge in [-0.15, -0.1) is 11.3 Å². The standard InChI is InChI=1S/C17H16O5S/c1-3-22-13-6-4-5-11(16(13)21-2)7-8-12(18)14-9-10-15(23-14)17(19)20/h4-10H,3H2,1-2H3,(H,19,20)/p-1/b8-7+. The molecule has 0 aliphatic rings. The van der Waals surface area contributed by atoms with Crippen molar-refractivity contribution in [1.29, 1.82) is 0 Å². The molecular formula is C17H15O5S-. The zero-order chi connectivity index (χ0) is 16.8. The number of methoxy groups -OCH3 is 1. The monoisotopic (exact) mass is 331 g/mol. The fourth-order valence-electron chi connectivity index (χ4n) is 1.98. The Kier molecular flexibility index (Phi) is 5.54. The van der Waals surface area contributed by atoms with E-state index in [9.17, 15) is 14.7 Å². The van der Waals surface area contributed by atoms with Gasteiger partial charge >= 0.3 is 0 Å². The largest absolute Gasteiger partial charge is 0.544 e. The maximum Gasteiger partial charge on any atom is 0.195 e. The number of allylic oxidation sites excluding steroid dienone is 1. The lowest BCUT2D eigenvalue weighted by Gasteiger charge is -2.11. The Morgan fingerprint density at radius 1 is 1.22 bits per heavy atom. The smallest absolute Gasteiger partial charge is 0.195 e. The van der Waals surface area contributed by atoms with Crippen LogP contribution < -0.4 is 14.6 Å². The van der Waals surface area contributed by atoms with E-state index in [1.165, 1.54) is 25.3 Å². The van der Waals surface area contributed by atoms with Gasteiger partial charge in [0.1, 0.15) is 0 Å². The van der Waals surface area contributed by atoms with Gasteiger partial charge in [0.05, 0.1) is 29.4 Å². The Hall–Kier alpha value is -2.60. The lowest BCUT2D eigenvalue weighted by atomic mass is 10.1. The van der Waals surface area contributed by atoms with E-state index < -0.39 is 5.97 Å². The predicted molar refractivity (Wildman–Crippen MR) is 86.2 cm³/mol. The van der Waals surface area contributed by atoms with Crippen molar-refractivity contribution in [3.05, 3.63) is 51.7 Å². The van der Waals surface area contributed by atoms with E-state index >= 15 is 0 Å². The van der Waals surface area contributed by atoms with Gasteiger partial charge in [0.2, 0.25) is 0 Å². The van der Waals surface area contributed by atoms with Crippen LogP contribution in [0.3, 0.4) is 0 Å². The first-order valence-corrected chi connectivity index (χ1v) is 7.71. The van der Waals surface area contributed by atoms with Crippen LogP contribution in [0.1, 0.15) is 31.8 Å². The molecule has 0 unspecified atom stereocenters. The second kappa shape index (κ2) is 7.60. The number of para-hydroxylation sites is 1. The van der Waals surface area contributed by atoms with Crippen LogP contribution >= 0.6 is 11.3 Å². The Morgan fingerprint density at radius 3 is 2.57 bits per heavy atom. The van der Waals surface area contributed by atoms with Gasteiger partial charge in [-0.25, -0.2) is 0 Å². The summed E-state index contributed by atoms with van der Waals surface area (Å²) in [6.45, 7) is 2.38. The van der Waals surface area contributed by atoms with Gasteiger partial charge in [-0.1, -0.05) is 12.1 Å². The molecule has 23 heavy (non-hydrogen) atoms. The second-order valence-corrected chi connectivity index (χ2v) is 5.54. The maximum absolute atomic E-state index is 12.1. The van der Waals surface area contributed by atoms with Crippen LogP contribution in [0.15, 0.2) is 36.4 Å². The third kappa shape index (κ3) is 3.98. The quantitative estimate of drug-likeness (QED) is 0.575. The molecule has 0 saturated carbocycles. The molecule has 0 aliphatic heterocycles. The van der Waals surface area contributed by atoms with Crippen LogP contribution in [0, 0.1) is 0 Å². The number of rotatable bonds is 7. The summed E-state index contributed by atoms with van der Waals surface area (Å²) in [7, 11) is 1.53.